The van der Waals surface area contributed by atoms with Gasteiger partial charge in [0.15, 0.2) is 0 Å². The van der Waals surface area contributed by atoms with Crippen molar-refractivity contribution in [3.63, 3.8) is 0 Å². The van der Waals surface area contributed by atoms with Crippen LogP contribution in [0, 0.1) is 23.4 Å². The van der Waals surface area contributed by atoms with Crippen LogP contribution >= 0.6 is 0 Å². The number of amides is 1. The molecule has 6 nitrogen and oxygen atoms in total. The molecule has 2 bridgehead atoms. The molecule has 2 heterocycles. The smallest absolute Gasteiger partial charge is 0.254 e. The minimum absolute atomic E-state index is 0.00655. The molecule has 3 aliphatic rings. The Labute approximate surface area is 203 Å². The highest BCUT2D eigenvalue weighted by atomic mass is 32.2. The normalized spacial score (nSPS) is 24.3. The Morgan fingerprint density at radius 1 is 1.14 bits per heavy atom. The van der Waals surface area contributed by atoms with Gasteiger partial charge >= 0.3 is 0 Å². The Morgan fingerprint density at radius 2 is 1.77 bits per heavy atom. The van der Waals surface area contributed by atoms with Crippen LogP contribution in [-0.2, 0) is 21.2 Å². The van der Waals surface area contributed by atoms with E-state index in [0.717, 1.165) is 12.1 Å². The predicted molar refractivity (Wildman–Crippen MR) is 125 cm³/mol. The lowest BCUT2D eigenvalue weighted by molar-refractivity contribution is -0.166. The summed E-state index contributed by atoms with van der Waals surface area (Å²) in [5.74, 6) is -3.12. The highest BCUT2D eigenvalue weighted by Gasteiger charge is 2.54. The van der Waals surface area contributed by atoms with Crippen LogP contribution in [0.5, 0.6) is 0 Å². The molecule has 0 unspecified atom stereocenters. The molecule has 0 aromatic heterocycles. The Balaban J connectivity index is 1.75. The number of fused-ring (bicyclic) bond motifs is 2. The molecule has 1 aliphatic carbocycles. The molecule has 1 amide bonds. The number of rotatable bonds is 7. The lowest BCUT2D eigenvalue weighted by Crippen LogP contribution is -2.72. The molecule has 3 fully saturated rings. The minimum Gasteiger partial charge on any atom is -0.381 e. The van der Waals surface area contributed by atoms with Gasteiger partial charge in [-0.05, 0) is 69.2 Å². The number of halogens is 3. The zero-order chi connectivity index (χ0) is 25.7. The number of carbonyl (C=O) groups excluding carboxylic acids is 1. The minimum atomic E-state index is -3.64. The Morgan fingerprint density at radius 3 is 2.34 bits per heavy atom. The average Bonchev–Trinajstić information content (AvgIpc) is 2.73. The van der Waals surface area contributed by atoms with Gasteiger partial charge in [-0.25, -0.2) is 26.3 Å². The van der Waals surface area contributed by atoms with Gasteiger partial charge in [-0.1, -0.05) is 18.2 Å². The maximum Gasteiger partial charge on any atom is 0.254 e. The van der Waals surface area contributed by atoms with Crippen LogP contribution in [0.25, 0.3) is 11.1 Å². The van der Waals surface area contributed by atoms with E-state index in [-0.39, 0.29) is 40.8 Å². The number of benzene rings is 2. The molecule has 35 heavy (non-hydrogen) atoms. The first-order valence-electron chi connectivity index (χ1n) is 11.6. The van der Waals surface area contributed by atoms with Crippen molar-refractivity contribution >= 4 is 15.9 Å². The SMILES string of the molecule is CCS(=O)(=O)N[C@H]1C2CC(C2)N(C(=O)C(C)(C)O)[C@H]1Cc1cccc(-c2cc(F)cc(F)c2)c1F. The second-order valence-corrected chi connectivity index (χ2v) is 12.0. The van der Waals surface area contributed by atoms with E-state index in [1.165, 1.54) is 37.8 Å². The number of hydrogen-bond acceptors (Lipinski definition) is 4. The number of piperidine rings is 2. The molecule has 5 rings (SSSR count). The van der Waals surface area contributed by atoms with Gasteiger partial charge in [-0.15, -0.1) is 0 Å². The highest BCUT2D eigenvalue weighted by Crippen LogP contribution is 2.45. The second kappa shape index (κ2) is 9.22. The highest BCUT2D eigenvalue weighted by molar-refractivity contribution is 7.89. The molecule has 190 valence electrons. The van der Waals surface area contributed by atoms with E-state index in [9.17, 15) is 27.1 Å². The molecule has 10 heteroatoms. The summed E-state index contributed by atoms with van der Waals surface area (Å²) in [6, 6.07) is 5.63. The van der Waals surface area contributed by atoms with Crippen molar-refractivity contribution in [1.82, 2.24) is 9.62 Å². The molecule has 2 saturated heterocycles. The van der Waals surface area contributed by atoms with Crippen molar-refractivity contribution in [3.05, 3.63) is 59.4 Å². The lowest BCUT2D eigenvalue weighted by atomic mass is 9.66. The quantitative estimate of drug-likeness (QED) is 0.598. The maximum absolute atomic E-state index is 15.6. The number of hydrogen-bond donors (Lipinski definition) is 2. The third-order valence-corrected chi connectivity index (χ3v) is 8.35. The fraction of sp³-hybridized carbons (Fsp3) is 0.480. The van der Waals surface area contributed by atoms with E-state index in [0.29, 0.717) is 18.9 Å². The molecule has 0 spiro atoms. The van der Waals surface area contributed by atoms with E-state index in [1.54, 1.807) is 6.07 Å². The van der Waals surface area contributed by atoms with Crippen LogP contribution in [0.4, 0.5) is 13.2 Å². The summed E-state index contributed by atoms with van der Waals surface area (Å²) in [5.41, 5.74) is -1.50. The molecule has 2 aromatic carbocycles. The van der Waals surface area contributed by atoms with Crippen molar-refractivity contribution in [2.45, 2.75) is 63.8 Å². The van der Waals surface area contributed by atoms with Gasteiger partial charge in [0.2, 0.25) is 10.0 Å². The van der Waals surface area contributed by atoms with Crippen LogP contribution in [-0.4, -0.2) is 53.8 Å². The van der Waals surface area contributed by atoms with Gasteiger partial charge in [0, 0.05) is 23.7 Å². The van der Waals surface area contributed by atoms with E-state index >= 15 is 4.39 Å². The van der Waals surface area contributed by atoms with Gasteiger partial charge < -0.3 is 10.0 Å². The second-order valence-electron chi connectivity index (χ2n) is 9.91. The number of sulfonamides is 1. The molecule has 2 aliphatic heterocycles. The number of nitrogens with zero attached hydrogens (tertiary/aromatic N) is 1. The predicted octanol–water partition coefficient (Wildman–Crippen LogP) is 3.38. The van der Waals surface area contributed by atoms with E-state index in [1.807, 2.05) is 0 Å². The Kier molecular flexibility index (Phi) is 6.76. The fourth-order valence-corrected chi connectivity index (χ4v) is 6.06. The zero-order valence-corrected chi connectivity index (χ0v) is 20.6. The number of nitrogens with one attached hydrogen (secondary N) is 1. The Bertz CT molecular complexity index is 1220. The van der Waals surface area contributed by atoms with Gasteiger partial charge in [0.05, 0.1) is 11.8 Å². The van der Waals surface area contributed by atoms with Crippen molar-refractivity contribution in [3.8, 4) is 11.1 Å². The monoisotopic (exact) mass is 510 g/mol. The van der Waals surface area contributed by atoms with Crippen LogP contribution < -0.4 is 4.72 Å². The van der Waals surface area contributed by atoms with E-state index < -0.39 is 51.1 Å². The zero-order valence-electron chi connectivity index (χ0n) is 19.8. The summed E-state index contributed by atoms with van der Waals surface area (Å²) in [6.45, 7) is 4.23. The number of aliphatic hydroxyl groups is 1. The van der Waals surface area contributed by atoms with Crippen molar-refractivity contribution < 1.29 is 31.5 Å². The van der Waals surface area contributed by atoms with Crippen LogP contribution in [0.15, 0.2) is 36.4 Å². The first kappa shape index (κ1) is 25.7. The van der Waals surface area contributed by atoms with Crippen molar-refractivity contribution in [2.75, 3.05) is 5.75 Å². The molecular weight excluding hydrogens is 481 g/mol. The summed E-state index contributed by atoms with van der Waals surface area (Å²) >= 11 is 0. The summed E-state index contributed by atoms with van der Waals surface area (Å²) in [6.07, 6.45) is 1.13. The third kappa shape index (κ3) is 5.10. The van der Waals surface area contributed by atoms with Crippen LogP contribution in [0.2, 0.25) is 0 Å². The molecule has 2 atom stereocenters. The van der Waals surface area contributed by atoms with E-state index in [4.69, 9.17) is 0 Å². The maximum atomic E-state index is 15.6. The van der Waals surface area contributed by atoms with E-state index in [2.05, 4.69) is 4.72 Å². The van der Waals surface area contributed by atoms with Crippen molar-refractivity contribution in [2.24, 2.45) is 5.92 Å². The van der Waals surface area contributed by atoms with Crippen molar-refractivity contribution in [1.29, 1.82) is 0 Å². The van der Waals surface area contributed by atoms with Gasteiger partial charge in [0.1, 0.15) is 23.1 Å². The first-order valence-corrected chi connectivity index (χ1v) is 13.2. The topological polar surface area (TPSA) is 86.7 Å². The van der Waals surface area contributed by atoms with Gasteiger partial charge in [0.25, 0.3) is 5.91 Å². The van der Waals surface area contributed by atoms with Gasteiger partial charge in [-0.3, -0.25) is 4.79 Å². The average molecular weight is 511 g/mol. The lowest BCUT2D eigenvalue weighted by Gasteiger charge is -2.58. The first-order chi connectivity index (χ1) is 16.3. The van der Waals surface area contributed by atoms with Crippen LogP contribution in [0.3, 0.4) is 0 Å². The largest absolute Gasteiger partial charge is 0.381 e. The standard InChI is InChI=1S/C25H29F3N2O4S/c1-4-35(33,34)29-23-16-10-19(11-16)30(24(31)25(2,3)32)21(23)12-14-6-5-7-20(22(14)28)15-8-17(26)13-18(27)9-15/h5-9,13,16,19,21,23,29,32H,4,10-12H2,1-3H3/t16?,19?,21-,23-/m0/s1. The summed E-state index contributed by atoms with van der Waals surface area (Å²) in [5, 5.41) is 10.4. The molecule has 0 radical (unpaired) electrons. The number of carbonyl (C=O) groups is 1. The molecule has 2 aromatic rings. The summed E-state index contributed by atoms with van der Waals surface area (Å²) in [7, 11) is -3.64. The summed E-state index contributed by atoms with van der Waals surface area (Å²) < 4.78 is 70.8. The molecular formula is C25H29F3N2O4S. The van der Waals surface area contributed by atoms with Crippen LogP contribution in [0.1, 0.15) is 39.2 Å². The summed E-state index contributed by atoms with van der Waals surface area (Å²) in [4.78, 5) is 14.7. The van der Waals surface area contributed by atoms with Gasteiger partial charge in [-0.2, -0.15) is 0 Å². The molecule has 1 saturated carbocycles. The fourth-order valence-electron chi connectivity index (χ4n) is 5.13. The Hall–Kier alpha value is -2.43. The third-order valence-electron chi connectivity index (χ3n) is 6.96. The molecule has 2 N–H and O–H groups in total.